The Labute approximate surface area is 135 Å². The predicted octanol–water partition coefficient (Wildman–Crippen LogP) is 1.58. The van der Waals surface area contributed by atoms with Crippen LogP contribution in [0.5, 0.6) is 0 Å². The number of allylic oxidation sites excluding steroid dienone is 3. The molecule has 0 spiro atoms. The Morgan fingerprint density at radius 2 is 1.46 bits per heavy atom. The van der Waals surface area contributed by atoms with E-state index in [4.69, 9.17) is 10.2 Å². The van der Waals surface area contributed by atoms with Crippen LogP contribution in [0.2, 0.25) is 0 Å². The first-order valence-corrected chi connectivity index (χ1v) is 6.66. The SMILES string of the molecule is O=C(O)c1ccc(C2=CC(C(=O)O)(C(=O)O)CC=C2)cc1C(=O)O. The van der Waals surface area contributed by atoms with E-state index >= 15 is 0 Å². The van der Waals surface area contributed by atoms with Crippen LogP contribution in [0.1, 0.15) is 32.7 Å². The Balaban J connectivity index is 2.61. The Morgan fingerprint density at radius 3 is 1.96 bits per heavy atom. The third-order valence-electron chi connectivity index (χ3n) is 3.72. The smallest absolute Gasteiger partial charge is 0.336 e. The molecule has 0 saturated heterocycles. The summed E-state index contributed by atoms with van der Waals surface area (Å²) in [5.41, 5.74) is -2.66. The first kappa shape index (κ1) is 16.9. The quantitative estimate of drug-likeness (QED) is 0.594. The van der Waals surface area contributed by atoms with Gasteiger partial charge in [-0.2, -0.15) is 0 Å². The molecule has 0 aliphatic heterocycles. The number of aromatic carboxylic acids is 2. The molecule has 1 aliphatic carbocycles. The van der Waals surface area contributed by atoms with Crippen LogP contribution >= 0.6 is 0 Å². The number of rotatable bonds is 5. The van der Waals surface area contributed by atoms with Crippen molar-refractivity contribution in [1.29, 1.82) is 0 Å². The molecule has 8 nitrogen and oxygen atoms in total. The van der Waals surface area contributed by atoms with Gasteiger partial charge >= 0.3 is 23.9 Å². The fourth-order valence-electron chi connectivity index (χ4n) is 2.40. The molecule has 1 aromatic carbocycles. The minimum atomic E-state index is -2.15. The lowest BCUT2D eigenvalue weighted by Crippen LogP contribution is -2.38. The van der Waals surface area contributed by atoms with Crippen molar-refractivity contribution in [3.63, 3.8) is 0 Å². The summed E-state index contributed by atoms with van der Waals surface area (Å²) in [5.74, 6) is -5.97. The highest BCUT2D eigenvalue weighted by Crippen LogP contribution is 2.35. The van der Waals surface area contributed by atoms with Crippen molar-refractivity contribution in [3.8, 4) is 0 Å². The minimum Gasteiger partial charge on any atom is -0.480 e. The van der Waals surface area contributed by atoms with Crippen molar-refractivity contribution in [1.82, 2.24) is 0 Å². The molecule has 24 heavy (non-hydrogen) atoms. The number of benzene rings is 1. The van der Waals surface area contributed by atoms with Crippen LogP contribution in [-0.4, -0.2) is 44.3 Å². The molecular formula is C16H12O8. The molecule has 1 aliphatic rings. The number of hydrogen-bond donors (Lipinski definition) is 4. The fourth-order valence-corrected chi connectivity index (χ4v) is 2.40. The van der Waals surface area contributed by atoms with E-state index in [1.807, 2.05) is 0 Å². The van der Waals surface area contributed by atoms with Crippen molar-refractivity contribution in [2.24, 2.45) is 5.41 Å². The summed E-state index contributed by atoms with van der Waals surface area (Å²) < 4.78 is 0. The summed E-state index contributed by atoms with van der Waals surface area (Å²) in [4.78, 5) is 45.0. The zero-order valence-electron chi connectivity index (χ0n) is 12.1. The molecule has 1 aromatic rings. The van der Waals surface area contributed by atoms with Crippen LogP contribution in [0.15, 0.2) is 36.4 Å². The van der Waals surface area contributed by atoms with E-state index in [0.717, 1.165) is 18.2 Å². The van der Waals surface area contributed by atoms with E-state index in [1.165, 1.54) is 18.2 Å². The van der Waals surface area contributed by atoms with Gasteiger partial charge in [-0.3, -0.25) is 9.59 Å². The van der Waals surface area contributed by atoms with Crippen LogP contribution in [0.4, 0.5) is 0 Å². The van der Waals surface area contributed by atoms with Gasteiger partial charge in [0.15, 0.2) is 5.41 Å². The maximum absolute atomic E-state index is 11.4. The van der Waals surface area contributed by atoms with Crippen molar-refractivity contribution in [2.75, 3.05) is 0 Å². The van der Waals surface area contributed by atoms with Gasteiger partial charge in [-0.25, -0.2) is 9.59 Å². The monoisotopic (exact) mass is 332 g/mol. The Kier molecular flexibility index (Phi) is 4.23. The van der Waals surface area contributed by atoms with Crippen molar-refractivity contribution >= 4 is 29.5 Å². The molecule has 0 saturated carbocycles. The number of hydrogen-bond acceptors (Lipinski definition) is 4. The summed E-state index contributed by atoms with van der Waals surface area (Å²) in [6.07, 6.45) is 3.61. The lowest BCUT2D eigenvalue weighted by molar-refractivity contribution is -0.160. The highest BCUT2D eigenvalue weighted by Gasteiger charge is 2.45. The van der Waals surface area contributed by atoms with Gasteiger partial charge in [-0.05, 0) is 35.8 Å². The molecule has 0 unspecified atom stereocenters. The topological polar surface area (TPSA) is 149 Å². The molecule has 4 N–H and O–H groups in total. The summed E-state index contributed by atoms with van der Waals surface area (Å²) in [6, 6.07) is 3.45. The lowest BCUT2D eigenvalue weighted by atomic mass is 9.78. The predicted molar refractivity (Wildman–Crippen MR) is 79.8 cm³/mol. The van der Waals surface area contributed by atoms with Gasteiger partial charge in [0.25, 0.3) is 0 Å². The van der Waals surface area contributed by atoms with Gasteiger partial charge < -0.3 is 20.4 Å². The first-order chi connectivity index (χ1) is 11.2. The maximum atomic E-state index is 11.4. The third-order valence-corrected chi connectivity index (χ3v) is 3.72. The van der Waals surface area contributed by atoms with Crippen LogP contribution < -0.4 is 0 Å². The van der Waals surface area contributed by atoms with Crippen LogP contribution in [-0.2, 0) is 9.59 Å². The molecular weight excluding hydrogens is 320 g/mol. The first-order valence-electron chi connectivity index (χ1n) is 6.66. The normalized spacial score (nSPS) is 15.4. The molecule has 0 radical (unpaired) electrons. The van der Waals surface area contributed by atoms with Gasteiger partial charge in [0.05, 0.1) is 11.1 Å². The zero-order chi connectivity index (χ0) is 18.1. The van der Waals surface area contributed by atoms with Gasteiger partial charge in [-0.15, -0.1) is 0 Å². The number of carboxylic acid groups (broad SMARTS) is 4. The highest BCUT2D eigenvalue weighted by molar-refractivity contribution is 6.05. The zero-order valence-corrected chi connectivity index (χ0v) is 12.1. The van der Waals surface area contributed by atoms with Crippen LogP contribution in [0.3, 0.4) is 0 Å². The van der Waals surface area contributed by atoms with Crippen molar-refractivity contribution in [3.05, 3.63) is 53.1 Å². The Hall–Kier alpha value is -3.42. The van der Waals surface area contributed by atoms with Gasteiger partial charge in [0.1, 0.15) is 0 Å². The molecule has 124 valence electrons. The molecule has 0 atom stereocenters. The second kappa shape index (κ2) is 5.99. The van der Waals surface area contributed by atoms with Gasteiger partial charge in [0, 0.05) is 0 Å². The number of carbonyl (C=O) groups is 4. The third kappa shape index (κ3) is 2.76. The summed E-state index contributed by atoms with van der Waals surface area (Å²) in [5, 5.41) is 36.6. The minimum absolute atomic E-state index is 0.186. The van der Waals surface area contributed by atoms with Crippen molar-refractivity contribution < 1.29 is 39.6 Å². The molecule has 0 aromatic heterocycles. The molecule has 0 amide bonds. The van der Waals surface area contributed by atoms with E-state index in [1.54, 1.807) is 0 Å². The largest absolute Gasteiger partial charge is 0.480 e. The van der Waals surface area contributed by atoms with E-state index in [-0.39, 0.29) is 17.6 Å². The summed E-state index contributed by atoms with van der Waals surface area (Å²) in [7, 11) is 0. The standard InChI is InChI=1S/C16H12O8/c17-12(18)10-4-3-8(6-11(10)13(19)20)9-2-1-5-16(7-9,14(21)22)15(23)24/h1-4,6-7H,5H2,(H,17,18)(H,19,20)(H,21,22)(H,23,24). The van der Waals surface area contributed by atoms with E-state index in [0.29, 0.717) is 0 Å². The highest BCUT2D eigenvalue weighted by atomic mass is 16.4. The molecule has 0 heterocycles. The van der Waals surface area contributed by atoms with Crippen molar-refractivity contribution in [2.45, 2.75) is 6.42 Å². The number of aliphatic carboxylic acids is 2. The van der Waals surface area contributed by atoms with Crippen LogP contribution in [0, 0.1) is 5.41 Å². The van der Waals surface area contributed by atoms with E-state index in [9.17, 15) is 29.4 Å². The van der Waals surface area contributed by atoms with E-state index in [2.05, 4.69) is 0 Å². The van der Waals surface area contributed by atoms with Crippen LogP contribution in [0.25, 0.3) is 5.57 Å². The average molecular weight is 332 g/mol. The molecule has 0 bridgehead atoms. The fraction of sp³-hybridized carbons (Fsp3) is 0.125. The maximum Gasteiger partial charge on any atom is 0.336 e. The average Bonchev–Trinajstić information content (AvgIpc) is 2.53. The van der Waals surface area contributed by atoms with E-state index < -0.39 is 40.4 Å². The summed E-state index contributed by atoms with van der Waals surface area (Å²) in [6.45, 7) is 0. The number of carboxylic acids is 4. The molecule has 2 rings (SSSR count). The second-order valence-electron chi connectivity index (χ2n) is 5.16. The van der Waals surface area contributed by atoms with Gasteiger partial charge in [-0.1, -0.05) is 18.2 Å². The molecule has 8 heteroatoms. The Bertz CT molecular complexity index is 801. The second-order valence-corrected chi connectivity index (χ2v) is 5.16. The lowest BCUT2D eigenvalue weighted by Gasteiger charge is -2.24. The summed E-state index contributed by atoms with van der Waals surface area (Å²) >= 11 is 0. The Morgan fingerprint density at radius 1 is 0.875 bits per heavy atom. The molecule has 0 fully saturated rings. The van der Waals surface area contributed by atoms with Gasteiger partial charge in [0.2, 0.25) is 0 Å².